The Balaban J connectivity index is 2.40. The van der Waals surface area contributed by atoms with Crippen molar-refractivity contribution in [1.29, 1.82) is 0 Å². The number of anilines is 1. The monoisotopic (exact) mass is 248 g/mol. The second kappa shape index (κ2) is 7.37. The molecule has 98 valence electrons. The second-order valence-corrected chi connectivity index (χ2v) is 4.08. The number of rotatable bonds is 7. The normalized spacial score (nSPS) is 9.67. The fraction of sp³-hybridized carbons (Fsp3) is 0.357. The maximum Gasteiger partial charge on any atom is 0.239 e. The molecule has 4 nitrogen and oxygen atoms in total. The summed E-state index contributed by atoms with van der Waals surface area (Å²) in [6, 6.07) is 7.49. The van der Waals surface area contributed by atoms with Gasteiger partial charge in [0.25, 0.3) is 0 Å². The summed E-state index contributed by atoms with van der Waals surface area (Å²) in [4.78, 5) is 11.3. The predicted octanol–water partition coefficient (Wildman–Crippen LogP) is 2.19. The summed E-state index contributed by atoms with van der Waals surface area (Å²) in [6.07, 6.45) is 0. The maximum atomic E-state index is 11.3. The molecule has 2 N–H and O–H groups in total. The van der Waals surface area contributed by atoms with Gasteiger partial charge in [-0.1, -0.05) is 6.58 Å². The van der Waals surface area contributed by atoms with E-state index in [1.807, 2.05) is 38.1 Å². The van der Waals surface area contributed by atoms with E-state index in [1.165, 1.54) is 0 Å². The molecule has 0 unspecified atom stereocenters. The minimum atomic E-state index is -0.0138. The van der Waals surface area contributed by atoms with Crippen molar-refractivity contribution in [2.24, 2.45) is 0 Å². The van der Waals surface area contributed by atoms with Crippen molar-refractivity contribution in [1.82, 2.24) is 5.32 Å². The first-order chi connectivity index (χ1) is 8.61. The minimum Gasteiger partial charge on any atom is -0.489 e. The van der Waals surface area contributed by atoms with E-state index in [0.717, 1.165) is 17.0 Å². The molecule has 0 radical (unpaired) electrons. The molecule has 0 aliphatic carbocycles. The molecule has 1 aromatic rings. The van der Waals surface area contributed by atoms with E-state index in [-0.39, 0.29) is 12.5 Å². The lowest BCUT2D eigenvalue weighted by molar-refractivity contribution is -0.119. The van der Waals surface area contributed by atoms with Crippen LogP contribution in [0.15, 0.2) is 36.4 Å². The first kappa shape index (κ1) is 14.1. The van der Waals surface area contributed by atoms with Gasteiger partial charge in [0, 0.05) is 12.2 Å². The van der Waals surface area contributed by atoms with Crippen molar-refractivity contribution in [3.63, 3.8) is 0 Å². The zero-order chi connectivity index (χ0) is 13.4. The Morgan fingerprint density at radius 1 is 1.33 bits per heavy atom. The minimum absolute atomic E-state index is 0.0138. The van der Waals surface area contributed by atoms with E-state index in [4.69, 9.17) is 4.74 Å². The van der Waals surface area contributed by atoms with Crippen LogP contribution in [0.3, 0.4) is 0 Å². The zero-order valence-corrected chi connectivity index (χ0v) is 11.0. The van der Waals surface area contributed by atoms with Crippen molar-refractivity contribution >= 4 is 11.6 Å². The van der Waals surface area contributed by atoms with Crippen LogP contribution in [-0.4, -0.2) is 25.6 Å². The van der Waals surface area contributed by atoms with Crippen LogP contribution in [-0.2, 0) is 4.79 Å². The molecule has 1 aromatic carbocycles. The zero-order valence-electron chi connectivity index (χ0n) is 11.0. The summed E-state index contributed by atoms with van der Waals surface area (Å²) in [5, 5.41) is 5.76. The van der Waals surface area contributed by atoms with Crippen LogP contribution >= 0.6 is 0 Å². The number of hydrogen-bond donors (Lipinski definition) is 2. The second-order valence-electron chi connectivity index (χ2n) is 4.08. The van der Waals surface area contributed by atoms with E-state index < -0.39 is 0 Å². The SMILES string of the molecule is C=C(C)COc1ccc(NCC(=O)NCC)cc1. The van der Waals surface area contributed by atoms with Gasteiger partial charge in [-0.3, -0.25) is 4.79 Å². The van der Waals surface area contributed by atoms with E-state index in [1.54, 1.807) is 0 Å². The van der Waals surface area contributed by atoms with Gasteiger partial charge in [0.05, 0.1) is 6.54 Å². The molecule has 0 saturated carbocycles. The molecule has 0 aromatic heterocycles. The lowest BCUT2D eigenvalue weighted by Crippen LogP contribution is -2.29. The van der Waals surface area contributed by atoms with Crippen molar-refractivity contribution in [3.05, 3.63) is 36.4 Å². The number of carbonyl (C=O) groups is 1. The molecule has 0 spiro atoms. The number of hydrogen-bond acceptors (Lipinski definition) is 3. The molecule has 0 aliphatic heterocycles. The summed E-state index contributed by atoms with van der Waals surface area (Å²) in [7, 11) is 0. The van der Waals surface area contributed by atoms with E-state index in [0.29, 0.717) is 13.2 Å². The Labute approximate surface area is 108 Å². The quantitative estimate of drug-likeness (QED) is 0.727. The van der Waals surface area contributed by atoms with Gasteiger partial charge in [0.2, 0.25) is 5.91 Å². The van der Waals surface area contributed by atoms with Gasteiger partial charge in [0.15, 0.2) is 0 Å². The van der Waals surface area contributed by atoms with Gasteiger partial charge in [0.1, 0.15) is 12.4 Å². The lowest BCUT2D eigenvalue weighted by atomic mass is 10.3. The average molecular weight is 248 g/mol. The first-order valence-corrected chi connectivity index (χ1v) is 5.99. The van der Waals surface area contributed by atoms with Gasteiger partial charge in [-0.25, -0.2) is 0 Å². The summed E-state index contributed by atoms with van der Waals surface area (Å²) < 4.78 is 5.48. The van der Waals surface area contributed by atoms with Gasteiger partial charge in [-0.05, 0) is 43.7 Å². The summed E-state index contributed by atoms with van der Waals surface area (Å²) in [6.45, 7) is 9.03. The number of amides is 1. The molecule has 0 heterocycles. The van der Waals surface area contributed by atoms with Crippen LogP contribution in [0.1, 0.15) is 13.8 Å². The molecule has 0 saturated heterocycles. The third-order valence-electron chi connectivity index (χ3n) is 2.17. The molecule has 18 heavy (non-hydrogen) atoms. The molecule has 1 rings (SSSR count). The molecule has 0 fully saturated rings. The van der Waals surface area contributed by atoms with Crippen molar-refractivity contribution < 1.29 is 9.53 Å². The Morgan fingerprint density at radius 2 is 2.00 bits per heavy atom. The third-order valence-corrected chi connectivity index (χ3v) is 2.17. The largest absolute Gasteiger partial charge is 0.489 e. The predicted molar refractivity (Wildman–Crippen MR) is 73.9 cm³/mol. The average Bonchev–Trinajstić information content (AvgIpc) is 2.35. The molecule has 1 amide bonds. The van der Waals surface area contributed by atoms with Gasteiger partial charge >= 0.3 is 0 Å². The van der Waals surface area contributed by atoms with Crippen LogP contribution < -0.4 is 15.4 Å². The maximum absolute atomic E-state index is 11.3. The topological polar surface area (TPSA) is 50.4 Å². The molecule has 4 heteroatoms. The van der Waals surface area contributed by atoms with Crippen LogP contribution in [0.2, 0.25) is 0 Å². The highest BCUT2D eigenvalue weighted by molar-refractivity contribution is 5.80. The number of nitrogens with one attached hydrogen (secondary N) is 2. The number of ether oxygens (including phenoxy) is 1. The van der Waals surface area contributed by atoms with Crippen LogP contribution in [0.4, 0.5) is 5.69 Å². The number of likely N-dealkylation sites (N-methyl/N-ethyl adjacent to an activating group) is 1. The smallest absolute Gasteiger partial charge is 0.239 e. The summed E-state index contributed by atoms with van der Waals surface area (Å²) in [5.41, 5.74) is 1.87. The fourth-order valence-corrected chi connectivity index (χ4v) is 1.32. The van der Waals surface area contributed by atoms with Crippen molar-refractivity contribution in [2.75, 3.05) is 25.0 Å². The molecular formula is C14H20N2O2. The van der Waals surface area contributed by atoms with Crippen molar-refractivity contribution in [3.8, 4) is 5.75 Å². The third kappa shape index (κ3) is 5.39. The lowest BCUT2D eigenvalue weighted by Gasteiger charge is -2.08. The van der Waals surface area contributed by atoms with E-state index >= 15 is 0 Å². The summed E-state index contributed by atoms with van der Waals surface area (Å²) in [5.74, 6) is 0.779. The molecular weight excluding hydrogens is 228 g/mol. The summed E-state index contributed by atoms with van der Waals surface area (Å²) >= 11 is 0. The molecule has 0 atom stereocenters. The molecule has 0 bridgehead atoms. The molecule has 0 aliphatic rings. The van der Waals surface area contributed by atoms with E-state index in [9.17, 15) is 4.79 Å². The number of benzene rings is 1. The highest BCUT2D eigenvalue weighted by atomic mass is 16.5. The van der Waals surface area contributed by atoms with Gasteiger partial charge in [-0.2, -0.15) is 0 Å². The van der Waals surface area contributed by atoms with Gasteiger partial charge < -0.3 is 15.4 Å². The Morgan fingerprint density at radius 3 is 2.56 bits per heavy atom. The first-order valence-electron chi connectivity index (χ1n) is 5.99. The Hall–Kier alpha value is -1.97. The Kier molecular flexibility index (Phi) is 5.77. The fourth-order valence-electron chi connectivity index (χ4n) is 1.32. The standard InChI is InChI=1S/C14H20N2O2/c1-4-15-14(17)9-16-12-5-7-13(8-6-12)18-10-11(2)3/h5-8,16H,2,4,9-10H2,1,3H3,(H,15,17). The number of carbonyl (C=O) groups excluding carboxylic acids is 1. The van der Waals surface area contributed by atoms with Crippen LogP contribution in [0, 0.1) is 0 Å². The highest BCUT2D eigenvalue weighted by Gasteiger charge is 1.99. The van der Waals surface area contributed by atoms with Gasteiger partial charge in [-0.15, -0.1) is 0 Å². The van der Waals surface area contributed by atoms with Crippen LogP contribution in [0.25, 0.3) is 0 Å². The Bertz CT molecular complexity index is 399. The van der Waals surface area contributed by atoms with Crippen molar-refractivity contribution in [2.45, 2.75) is 13.8 Å². The van der Waals surface area contributed by atoms with Crippen LogP contribution in [0.5, 0.6) is 5.75 Å². The van der Waals surface area contributed by atoms with E-state index in [2.05, 4.69) is 17.2 Å². The highest BCUT2D eigenvalue weighted by Crippen LogP contribution is 2.15.